The number of carbonyl (C=O) groups excluding carboxylic acids is 1. The highest BCUT2D eigenvalue weighted by atomic mass is 79.9. The number of piperidine rings is 1. The van der Waals surface area contributed by atoms with Crippen LogP contribution < -0.4 is 19.8 Å². The SMILES string of the molecule is COc1cc(/C=N/NC(=O)C(OC)c2ccc(N3CCCCC3)nc2)cc(OC)c1Br. The van der Waals surface area contributed by atoms with Gasteiger partial charge in [-0.2, -0.15) is 5.10 Å². The number of carbonyl (C=O) groups is 1. The van der Waals surface area contributed by atoms with Crippen LogP contribution in [0.4, 0.5) is 5.82 Å². The van der Waals surface area contributed by atoms with Crippen LogP contribution in [0.3, 0.4) is 0 Å². The Labute approximate surface area is 190 Å². The third-order valence-corrected chi connectivity index (χ3v) is 5.87. The Kier molecular flexibility index (Phi) is 8.25. The van der Waals surface area contributed by atoms with Crippen molar-refractivity contribution in [3.05, 3.63) is 46.1 Å². The number of anilines is 1. The molecule has 0 saturated carbocycles. The first kappa shape index (κ1) is 23.0. The average Bonchev–Trinajstić information content (AvgIpc) is 2.81. The van der Waals surface area contributed by atoms with Crippen molar-refractivity contribution in [3.8, 4) is 11.5 Å². The summed E-state index contributed by atoms with van der Waals surface area (Å²) in [6.45, 7) is 2.03. The number of amides is 1. The first-order valence-corrected chi connectivity index (χ1v) is 10.8. The van der Waals surface area contributed by atoms with Crippen molar-refractivity contribution in [2.75, 3.05) is 39.3 Å². The van der Waals surface area contributed by atoms with Crippen molar-refractivity contribution in [1.82, 2.24) is 10.4 Å². The summed E-state index contributed by atoms with van der Waals surface area (Å²) in [5.74, 6) is 1.74. The van der Waals surface area contributed by atoms with Gasteiger partial charge in [-0.1, -0.05) is 6.07 Å². The van der Waals surface area contributed by atoms with Crippen molar-refractivity contribution < 1.29 is 19.0 Å². The molecule has 0 bridgehead atoms. The summed E-state index contributed by atoms with van der Waals surface area (Å²) in [4.78, 5) is 19.4. The molecule has 1 aliphatic heterocycles. The lowest BCUT2D eigenvalue weighted by molar-refractivity contribution is -0.131. The lowest BCUT2D eigenvalue weighted by Crippen LogP contribution is -2.30. The van der Waals surface area contributed by atoms with Crippen LogP contribution in [0.2, 0.25) is 0 Å². The van der Waals surface area contributed by atoms with Gasteiger partial charge in [0.15, 0.2) is 6.10 Å². The third-order valence-electron chi connectivity index (χ3n) is 5.08. The van der Waals surface area contributed by atoms with Crippen molar-refractivity contribution in [2.45, 2.75) is 25.4 Å². The topological polar surface area (TPSA) is 85.3 Å². The summed E-state index contributed by atoms with van der Waals surface area (Å²) in [6.07, 6.45) is 6.02. The van der Waals surface area contributed by atoms with E-state index in [9.17, 15) is 4.79 Å². The van der Waals surface area contributed by atoms with E-state index in [1.807, 2.05) is 12.1 Å². The lowest BCUT2D eigenvalue weighted by atomic mass is 10.1. The minimum Gasteiger partial charge on any atom is -0.495 e. The number of pyridine rings is 1. The van der Waals surface area contributed by atoms with Gasteiger partial charge in [-0.15, -0.1) is 0 Å². The van der Waals surface area contributed by atoms with Crippen molar-refractivity contribution in [1.29, 1.82) is 0 Å². The van der Waals surface area contributed by atoms with Gasteiger partial charge >= 0.3 is 0 Å². The summed E-state index contributed by atoms with van der Waals surface area (Å²) in [7, 11) is 4.61. The minimum absolute atomic E-state index is 0.387. The summed E-state index contributed by atoms with van der Waals surface area (Å²) in [5, 5.41) is 4.05. The van der Waals surface area contributed by atoms with Gasteiger partial charge in [-0.05, 0) is 53.4 Å². The van der Waals surface area contributed by atoms with Crippen LogP contribution in [0.1, 0.15) is 36.5 Å². The fourth-order valence-electron chi connectivity index (χ4n) is 3.45. The molecule has 31 heavy (non-hydrogen) atoms. The third kappa shape index (κ3) is 5.74. The number of hydrazone groups is 1. The number of nitrogens with one attached hydrogen (secondary N) is 1. The second-order valence-corrected chi connectivity index (χ2v) is 7.88. The van der Waals surface area contributed by atoms with Crippen molar-refractivity contribution in [3.63, 3.8) is 0 Å². The zero-order chi connectivity index (χ0) is 22.2. The standard InChI is InChI=1S/C22H27BrN4O4/c1-29-17-11-15(12-18(30-2)20(17)23)13-25-26-22(28)21(31-3)16-7-8-19(24-14-16)27-9-5-4-6-10-27/h7-8,11-14,21H,4-6,9-10H2,1-3H3,(H,26,28)/b25-13+. The molecule has 2 heterocycles. The smallest absolute Gasteiger partial charge is 0.273 e. The molecule has 1 aliphatic rings. The molecule has 1 unspecified atom stereocenters. The van der Waals surface area contributed by atoms with Crippen molar-refractivity contribution >= 4 is 33.9 Å². The predicted molar refractivity (Wildman–Crippen MR) is 123 cm³/mol. The second kappa shape index (κ2) is 11.1. The van der Waals surface area contributed by atoms with Gasteiger partial charge in [0.05, 0.1) is 20.4 Å². The van der Waals surface area contributed by atoms with E-state index in [4.69, 9.17) is 14.2 Å². The highest BCUT2D eigenvalue weighted by Crippen LogP contribution is 2.35. The number of ether oxygens (including phenoxy) is 3. The van der Waals surface area contributed by atoms with Crippen LogP contribution in [0, 0.1) is 0 Å². The Morgan fingerprint density at radius 2 is 1.84 bits per heavy atom. The Morgan fingerprint density at radius 1 is 1.16 bits per heavy atom. The molecule has 1 saturated heterocycles. The Hall–Kier alpha value is -2.65. The lowest BCUT2D eigenvalue weighted by Gasteiger charge is -2.27. The molecule has 9 heteroatoms. The quantitative estimate of drug-likeness (QED) is 0.448. The number of hydrogen-bond acceptors (Lipinski definition) is 7. The molecule has 3 rings (SSSR count). The van der Waals surface area contributed by atoms with E-state index in [1.165, 1.54) is 32.6 Å². The van der Waals surface area contributed by atoms with Gasteiger partial charge in [0, 0.05) is 37.5 Å². The maximum Gasteiger partial charge on any atom is 0.273 e. The van der Waals surface area contributed by atoms with Gasteiger partial charge in [0.1, 0.15) is 21.8 Å². The molecule has 1 aromatic heterocycles. The summed E-state index contributed by atoms with van der Waals surface area (Å²) >= 11 is 3.42. The molecule has 0 radical (unpaired) electrons. The Morgan fingerprint density at radius 3 is 2.39 bits per heavy atom. The predicted octanol–water partition coefficient (Wildman–Crippen LogP) is 3.69. The van der Waals surface area contributed by atoms with E-state index in [0.717, 1.165) is 18.9 Å². The van der Waals surface area contributed by atoms with Crippen molar-refractivity contribution in [2.24, 2.45) is 5.10 Å². The van der Waals surface area contributed by atoms with Gasteiger partial charge in [0.25, 0.3) is 5.91 Å². The zero-order valence-corrected chi connectivity index (χ0v) is 19.5. The first-order chi connectivity index (χ1) is 15.1. The van der Waals surface area contributed by atoms with E-state index in [1.54, 1.807) is 32.5 Å². The van der Waals surface area contributed by atoms with Crippen LogP contribution in [0.25, 0.3) is 0 Å². The number of halogens is 1. The van der Waals surface area contributed by atoms with Crippen LogP contribution in [0.15, 0.2) is 40.0 Å². The maximum atomic E-state index is 12.6. The van der Waals surface area contributed by atoms with Gasteiger partial charge < -0.3 is 19.1 Å². The molecule has 166 valence electrons. The molecule has 1 N–H and O–H groups in total. The highest BCUT2D eigenvalue weighted by molar-refractivity contribution is 9.10. The van der Waals surface area contributed by atoms with E-state index in [0.29, 0.717) is 27.1 Å². The molecule has 1 atom stereocenters. The first-order valence-electron chi connectivity index (χ1n) is 10.1. The normalized spacial score (nSPS) is 15.0. The Balaban J connectivity index is 1.66. The highest BCUT2D eigenvalue weighted by Gasteiger charge is 2.21. The van der Waals surface area contributed by atoms with Crippen LogP contribution >= 0.6 is 15.9 Å². The number of hydrogen-bond donors (Lipinski definition) is 1. The molecular weight excluding hydrogens is 464 g/mol. The molecule has 1 amide bonds. The van der Waals surface area contributed by atoms with E-state index < -0.39 is 6.10 Å². The molecule has 1 aromatic carbocycles. The fourth-order valence-corrected chi connectivity index (χ4v) is 4.00. The van der Waals surface area contributed by atoms with Gasteiger partial charge in [0.2, 0.25) is 0 Å². The largest absolute Gasteiger partial charge is 0.495 e. The molecule has 0 aliphatic carbocycles. The monoisotopic (exact) mass is 490 g/mol. The van der Waals surface area contributed by atoms with E-state index in [-0.39, 0.29) is 5.91 Å². The van der Waals surface area contributed by atoms with E-state index >= 15 is 0 Å². The molecule has 0 spiro atoms. The van der Waals surface area contributed by atoms with Crippen LogP contribution in [0.5, 0.6) is 11.5 Å². The van der Waals surface area contributed by atoms with Gasteiger partial charge in [-0.3, -0.25) is 4.79 Å². The van der Waals surface area contributed by atoms with Gasteiger partial charge in [-0.25, -0.2) is 10.4 Å². The summed E-state index contributed by atoms with van der Waals surface area (Å²) in [6, 6.07) is 7.36. The maximum absolute atomic E-state index is 12.6. The van der Waals surface area contributed by atoms with E-state index in [2.05, 4.69) is 36.3 Å². The molecule has 8 nitrogen and oxygen atoms in total. The average molecular weight is 491 g/mol. The zero-order valence-electron chi connectivity index (χ0n) is 17.9. The second-order valence-electron chi connectivity index (χ2n) is 7.09. The summed E-state index contributed by atoms with van der Waals surface area (Å²) in [5.41, 5.74) is 3.90. The molecular formula is C22H27BrN4O4. The number of methoxy groups -OCH3 is 3. The van der Waals surface area contributed by atoms with Crippen LogP contribution in [-0.2, 0) is 9.53 Å². The molecule has 2 aromatic rings. The minimum atomic E-state index is -0.811. The molecule has 1 fully saturated rings. The fraction of sp³-hybridized carbons (Fsp3) is 0.409. The Bertz CT molecular complexity index is 889. The number of rotatable bonds is 8. The summed E-state index contributed by atoms with van der Waals surface area (Å²) < 4.78 is 16.7. The number of nitrogens with zero attached hydrogens (tertiary/aromatic N) is 3. The van der Waals surface area contributed by atoms with Crippen LogP contribution in [-0.4, -0.2) is 51.5 Å². The number of aromatic nitrogens is 1. The number of benzene rings is 1.